The van der Waals surface area contributed by atoms with E-state index in [0.717, 1.165) is 24.2 Å². The van der Waals surface area contributed by atoms with Crippen LogP contribution in [0.25, 0.3) is 0 Å². The predicted molar refractivity (Wildman–Crippen MR) is 91.4 cm³/mol. The molecule has 1 fully saturated rings. The third-order valence-corrected chi connectivity index (χ3v) is 4.87. The number of hydrogen-bond donors (Lipinski definition) is 0. The van der Waals surface area contributed by atoms with Crippen molar-refractivity contribution in [3.8, 4) is 0 Å². The molecule has 3 rings (SSSR count). The molecule has 0 bridgehead atoms. The summed E-state index contributed by atoms with van der Waals surface area (Å²) in [7, 11) is 0. The molecule has 1 amide bonds. The molecule has 2 aromatic carbocycles. The van der Waals surface area contributed by atoms with Crippen LogP contribution in [0.5, 0.6) is 0 Å². The first-order chi connectivity index (χ1) is 10.4. The minimum absolute atomic E-state index is 0.216. The Bertz CT molecular complexity index is 697. The predicted octanol–water partition coefficient (Wildman–Crippen LogP) is 4.31. The van der Waals surface area contributed by atoms with Gasteiger partial charge in [0.05, 0.1) is 5.41 Å². The Kier molecular flexibility index (Phi) is 3.56. The van der Waals surface area contributed by atoms with Crippen LogP contribution in [-0.2, 0) is 10.2 Å². The molecule has 0 saturated carbocycles. The molecule has 0 radical (unpaired) electrons. The van der Waals surface area contributed by atoms with Crippen molar-refractivity contribution in [3.05, 3.63) is 64.7 Å². The fourth-order valence-electron chi connectivity index (χ4n) is 3.73. The lowest BCUT2D eigenvalue weighted by atomic mass is 9.81. The first-order valence-corrected chi connectivity index (χ1v) is 7.89. The van der Waals surface area contributed by atoms with E-state index in [4.69, 9.17) is 0 Å². The largest absolute Gasteiger partial charge is 0.311 e. The van der Waals surface area contributed by atoms with Crippen molar-refractivity contribution < 1.29 is 4.79 Å². The molecule has 1 unspecified atom stereocenters. The van der Waals surface area contributed by atoms with Crippen molar-refractivity contribution >= 4 is 11.6 Å². The molecule has 22 heavy (non-hydrogen) atoms. The molecule has 0 aliphatic carbocycles. The zero-order valence-corrected chi connectivity index (χ0v) is 13.8. The van der Waals surface area contributed by atoms with Crippen LogP contribution in [0.1, 0.15) is 35.6 Å². The van der Waals surface area contributed by atoms with E-state index >= 15 is 0 Å². The maximum Gasteiger partial charge on any atom is 0.237 e. The first kappa shape index (κ1) is 14.8. The molecule has 114 valence electrons. The lowest BCUT2D eigenvalue weighted by Crippen LogP contribution is -2.36. The molecule has 0 aromatic heterocycles. The van der Waals surface area contributed by atoms with Gasteiger partial charge in [0.15, 0.2) is 0 Å². The molecule has 2 aromatic rings. The van der Waals surface area contributed by atoms with E-state index in [0.29, 0.717) is 0 Å². The van der Waals surface area contributed by atoms with Crippen LogP contribution in [-0.4, -0.2) is 12.5 Å². The van der Waals surface area contributed by atoms with Gasteiger partial charge in [0, 0.05) is 12.2 Å². The van der Waals surface area contributed by atoms with E-state index in [1.165, 1.54) is 16.7 Å². The van der Waals surface area contributed by atoms with E-state index < -0.39 is 5.41 Å². The summed E-state index contributed by atoms with van der Waals surface area (Å²) in [5.41, 5.74) is 5.41. The number of rotatable bonds is 2. The molecule has 0 N–H and O–H groups in total. The monoisotopic (exact) mass is 293 g/mol. The van der Waals surface area contributed by atoms with Crippen LogP contribution in [0.2, 0.25) is 0 Å². The van der Waals surface area contributed by atoms with Crippen molar-refractivity contribution in [2.75, 3.05) is 11.4 Å². The lowest BCUT2D eigenvalue weighted by molar-refractivity contribution is -0.121. The second kappa shape index (κ2) is 5.28. The van der Waals surface area contributed by atoms with Gasteiger partial charge in [-0.1, -0.05) is 48.0 Å². The van der Waals surface area contributed by atoms with Crippen LogP contribution >= 0.6 is 0 Å². The fourth-order valence-corrected chi connectivity index (χ4v) is 3.73. The highest BCUT2D eigenvalue weighted by Crippen LogP contribution is 2.39. The minimum Gasteiger partial charge on any atom is -0.311 e. The standard InChI is InChI=1S/C20H23NO/c1-14-12-15(2)18(16(3)13-14)21-11-10-20(4,19(21)22)17-8-6-5-7-9-17/h5-9,12-13H,10-11H2,1-4H3. The van der Waals surface area contributed by atoms with Gasteiger partial charge in [0.25, 0.3) is 0 Å². The van der Waals surface area contributed by atoms with Gasteiger partial charge in [-0.2, -0.15) is 0 Å². The van der Waals surface area contributed by atoms with Crippen molar-refractivity contribution in [1.29, 1.82) is 0 Å². The van der Waals surface area contributed by atoms with Gasteiger partial charge in [-0.3, -0.25) is 4.79 Å². The molecule has 1 saturated heterocycles. The highest BCUT2D eigenvalue weighted by atomic mass is 16.2. The Labute approximate surface area is 132 Å². The van der Waals surface area contributed by atoms with Gasteiger partial charge in [-0.05, 0) is 50.8 Å². The summed E-state index contributed by atoms with van der Waals surface area (Å²) in [6.45, 7) is 9.16. The average Bonchev–Trinajstić information content (AvgIpc) is 2.77. The SMILES string of the molecule is Cc1cc(C)c(N2CCC(C)(c3ccccc3)C2=O)c(C)c1. The van der Waals surface area contributed by atoms with Crippen LogP contribution in [0.4, 0.5) is 5.69 Å². The fraction of sp³-hybridized carbons (Fsp3) is 0.350. The highest BCUT2D eigenvalue weighted by molar-refractivity contribution is 6.04. The third-order valence-electron chi connectivity index (χ3n) is 4.87. The highest BCUT2D eigenvalue weighted by Gasteiger charge is 2.45. The number of nitrogens with zero attached hydrogens (tertiary/aromatic N) is 1. The first-order valence-electron chi connectivity index (χ1n) is 7.89. The number of aryl methyl sites for hydroxylation is 3. The Morgan fingerprint density at radius 3 is 2.18 bits per heavy atom. The van der Waals surface area contributed by atoms with Crippen LogP contribution in [0.15, 0.2) is 42.5 Å². The molecular weight excluding hydrogens is 270 g/mol. The summed E-state index contributed by atoms with van der Waals surface area (Å²) < 4.78 is 0. The van der Waals surface area contributed by atoms with E-state index in [2.05, 4.69) is 52.0 Å². The summed E-state index contributed by atoms with van der Waals surface area (Å²) in [6, 6.07) is 14.5. The van der Waals surface area contributed by atoms with Gasteiger partial charge in [0.1, 0.15) is 0 Å². The molecule has 1 heterocycles. The smallest absolute Gasteiger partial charge is 0.237 e. The minimum atomic E-state index is -0.412. The van der Waals surface area contributed by atoms with Gasteiger partial charge in [0.2, 0.25) is 5.91 Å². The zero-order chi connectivity index (χ0) is 15.9. The average molecular weight is 293 g/mol. The van der Waals surface area contributed by atoms with Gasteiger partial charge in [-0.25, -0.2) is 0 Å². The summed E-state index contributed by atoms with van der Waals surface area (Å²) >= 11 is 0. The number of carbonyl (C=O) groups excluding carboxylic acids is 1. The Balaban J connectivity index is 2.02. The van der Waals surface area contributed by atoms with Crippen molar-refractivity contribution in [3.63, 3.8) is 0 Å². The van der Waals surface area contributed by atoms with E-state index in [1.54, 1.807) is 0 Å². The maximum absolute atomic E-state index is 13.1. The lowest BCUT2D eigenvalue weighted by Gasteiger charge is -2.26. The van der Waals surface area contributed by atoms with Crippen molar-refractivity contribution in [1.82, 2.24) is 0 Å². The Morgan fingerprint density at radius 1 is 1.00 bits per heavy atom. The van der Waals surface area contributed by atoms with Crippen molar-refractivity contribution in [2.24, 2.45) is 0 Å². The number of amides is 1. The van der Waals surface area contributed by atoms with Gasteiger partial charge < -0.3 is 4.90 Å². The summed E-state index contributed by atoms with van der Waals surface area (Å²) in [6.07, 6.45) is 0.864. The number of carbonyl (C=O) groups is 1. The normalized spacial score (nSPS) is 21.5. The quantitative estimate of drug-likeness (QED) is 0.808. The molecule has 1 aliphatic heterocycles. The molecular formula is C20H23NO. The maximum atomic E-state index is 13.1. The van der Waals surface area contributed by atoms with E-state index in [-0.39, 0.29) is 5.91 Å². The van der Waals surface area contributed by atoms with Gasteiger partial charge >= 0.3 is 0 Å². The van der Waals surface area contributed by atoms with E-state index in [9.17, 15) is 4.79 Å². The van der Waals surface area contributed by atoms with E-state index in [1.807, 2.05) is 23.1 Å². The summed E-state index contributed by atoms with van der Waals surface area (Å²) in [4.78, 5) is 15.1. The molecule has 0 spiro atoms. The van der Waals surface area contributed by atoms with Gasteiger partial charge in [-0.15, -0.1) is 0 Å². The molecule has 2 heteroatoms. The second-order valence-electron chi connectivity index (χ2n) is 6.65. The third kappa shape index (κ3) is 2.23. The Morgan fingerprint density at radius 2 is 1.59 bits per heavy atom. The van der Waals surface area contributed by atoms with Crippen LogP contribution < -0.4 is 4.90 Å². The Hall–Kier alpha value is -2.09. The van der Waals surface area contributed by atoms with Crippen LogP contribution in [0, 0.1) is 20.8 Å². The molecule has 1 atom stereocenters. The second-order valence-corrected chi connectivity index (χ2v) is 6.65. The zero-order valence-electron chi connectivity index (χ0n) is 13.8. The van der Waals surface area contributed by atoms with Crippen LogP contribution in [0.3, 0.4) is 0 Å². The molecule has 2 nitrogen and oxygen atoms in total. The number of hydrogen-bond acceptors (Lipinski definition) is 1. The summed E-state index contributed by atoms with van der Waals surface area (Å²) in [5, 5.41) is 0. The molecule has 1 aliphatic rings. The number of benzene rings is 2. The summed E-state index contributed by atoms with van der Waals surface area (Å²) in [5.74, 6) is 0.216. The van der Waals surface area contributed by atoms with Crippen molar-refractivity contribution in [2.45, 2.75) is 39.5 Å². The number of anilines is 1. The topological polar surface area (TPSA) is 20.3 Å².